The van der Waals surface area contributed by atoms with Crippen LogP contribution >= 0.6 is 0 Å². The summed E-state index contributed by atoms with van der Waals surface area (Å²) in [7, 11) is -4.14. The highest BCUT2D eigenvalue weighted by atomic mass is 32.2. The van der Waals surface area contributed by atoms with Crippen molar-refractivity contribution >= 4 is 21.7 Å². The second kappa shape index (κ2) is 8.94. The Morgan fingerprint density at radius 2 is 1.65 bits per heavy atom. The summed E-state index contributed by atoms with van der Waals surface area (Å²) in [4.78, 5) is 14.8. The fourth-order valence-electron chi connectivity index (χ4n) is 4.34. The Kier molecular flexibility index (Phi) is 6.33. The van der Waals surface area contributed by atoms with E-state index >= 15 is 0 Å². The topological polar surface area (TPSA) is 83.9 Å². The van der Waals surface area contributed by atoms with E-state index in [4.69, 9.17) is 4.18 Å². The van der Waals surface area contributed by atoms with Crippen molar-refractivity contribution in [2.24, 2.45) is 0 Å². The van der Waals surface area contributed by atoms with Crippen molar-refractivity contribution in [2.45, 2.75) is 43.2 Å². The predicted octanol–water partition coefficient (Wildman–Crippen LogP) is 4.27. The van der Waals surface area contributed by atoms with Crippen LogP contribution in [0.15, 0.2) is 77.7 Å². The lowest BCUT2D eigenvalue weighted by Crippen LogP contribution is -2.44. The summed E-state index contributed by atoms with van der Waals surface area (Å²) in [5.41, 5.74) is 0.866. The average molecular weight is 484 g/mol. The third kappa shape index (κ3) is 4.24. The summed E-state index contributed by atoms with van der Waals surface area (Å²) in [6, 6.07) is 18.3. The Morgan fingerprint density at radius 3 is 2.29 bits per heavy atom. The fourth-order valence-corrected chi connectivity index (χ4v) is 5.27. The molecule has 2 atom stereocenters. The van der Waals surface area contributed by atoms with Gasteiger partial charge in [-0.1, -0.05) is 54.1 Å². The molecule has 1 aliphatic heterocycles. The molecule has 3 aromatic carbocycles. The number of hydrogen-bond acceptors (Lipinski definition) is 5. The van der Waals surface area contributed by atoms with E-state index in [2.05, 4.69) is 0 Å². The molecule has 1 N–H and O–H groups in total. The van der Waals surface area contributed by atoms with Crippen LogP contribution in [0, 0.1) is 12.7 Å². The Balaban J connectivity index is 1.70. The molecule has 178 valence electrons. The molecule has 1 heterocycles. The summed E-state index contributed by atoms with van der Waals surface area (Å²) in [5, 5.41) is 11.2. The average Bonchev–Trinajstić information content (AvgIpc) is 3.00. The zero-order chi connectivity index (χ0) is 24.7. The Hall–Kier alpha value is -3.07. The number of nitrogens with zero attached hydrogens (tertiary/aromatic N) is 1. The van der Waals surface area contributed by atoms with Gasteiger partial charge >= 0.3 is 0 Å². The molecule has 4 rings (SSSR count). The number of aliphatic hydroxyl groups excluding tert-OH is 1. The second-order valence-corrected chi connectivity index (χ2v) is 10.5. The molecule has 0 saturated heterocycles. The first kappa shape index (κ1) is 24.1. The van der Waals surface area contributed by atoms with Gasteiger partial charge in [0.25, 0.3) is 10.1 Å². The lowest BCUT2D eigenvalue weighted by molar-refractivity contribution is -0.123. The minimum absolute atomic E-state index is 0.0349. The number of amides is 1. The number of aliphatic hydroxyl groups is 1. The number of hydrogen-bond donors (Lipinski definition) is 1. The summed E-state index contributed by atoms with van der Waals surface area (Å²) >= 11 is 0. The van der Waals surface area contributed by atoms with E-state index in [1.807, 2.05) is 6.92 Å². The molecule has 1 aliphatic rings. The van der Waals surface area contributed by atoms with Crippen LogP contribution in [0.4, 0.5) is 10.1 Å². The van der Waals surface area contributed by atoms with E-state index in [1.165, 1.54) is 29.2 Å². The van der Waals surface area contributed by atoms with Crippen LogP contribution in [0.3, 0.4) is 0 Å². The van der Waals surface area contributed by atoms with Crippen LogP contribution in [0.2, 0.25) is 0 Å². The van der Waals surface area contributed by atoms with Gasteiger partial charge in [-0.05, 0) is 50.6 Å². The van der Waals surface area contributed by atoms with Crippen molar-refractivity contribution in [1.82, 2.24) is 0 Å². The van der Waals surface area contributed by atoms with E-state index in [9.17, 15) is 22.7 Å². The normalized spacial score (nSPS) is 16.9. The monoisotopic (exact) mass is 483 g/mol. The molecule has 6 nitrogen and oxygen atoms in total. The molecule has 3 aromatic rings. The van der Waals surface area contributed by atoms with Gasteiger partial charge in [-0.3, -0.25) is 8.98 Å². The minimum Gasteiger partial charge on any atom is -0.388 e. The molecular formula is C26H26FNO5S. The molecule has 0 aliphatic carbocycles. The van der Waals surface area contributed by atoms with Crippen molar-refractivity contribution in [2.75, 3.05) is 11.5 Å². The molecular weight excluding hydrogens is 457 g/mol. The van der Waals surface area contributed by atoms with Crippen molar-refractivity contribution in [1.29, 1.82) is 0 Å². The van der Waals surface area contributed by atoms with Crippen molar-refractivity contribution in [3.63, 3.8) is 0 Å². The number of aryl methyl sites for hydroxylation is 1. The van der Waals surface area contributed by atoms with Crippen molar-refractivity contribution < 1.29 is 26.9 Å². The summed E-state index contributed by atoms with van der Waals surface area (Å²) < 4.78 is 45.3. The summed E-state index contributed by atoms with van der Waals surface area (Å²) in [5.74, 6) is -0.917. The standard InChI is InChI=1S/C26H26FNO5S/c1-17-12-14-19(15-13-17)34(31,32)33-16-22(29)24(18-8-5-4-6-9-18)28-21-11-7-10-20(27)23(21)26(2,3)25(28)30/h4-15,22,24,29H,16H2,1-3H3/t22-,24+/m1/s1. The highest BCUT2D eigenvalue weighted by Crippen LogP contribution is 2.47. The molecule has 0 aromatic heterocycles. The lowest BCUT2D eigenvalue weighted by atomic mass is 9.86. The number of carbonyl (C=O) groups excluding carboxylic acids is 1. The zero-order valence-corrected chi connectivity index (χ0v) is 19.9. The fraction of sp³-hybridized carbons (Fsp3) is 0.269. The van der Waals surface area contributed by atoms with Crippen LogP contribution in [-0.2, 0) is 24.5 Å². The van der Waals surface area contributed by atoms with Crippen LogP contribution in [0.25, 0.3) is 0 Å². The van der Waals surface area contributed by atoms with Gasteiger partial charge in [-0.2, -0.15) is 8.42 Å². The van der Waals surface area contributed by atoms with Crippen LogP contribution in [0.1, 0.15) is 36.6 Å². The van der Waals surface area contributed by atoms with Crippen LogP contribution in [-0.4, -0.2) is 32.1 Å². The number of carbonyl (C=O) groups is 1. The molecule has 0 fully saturated rings. The van der Waals surface area contributed by atoms with Gasteiger partial charge in [-0.25, -0.2) is 4.39 Å². The number of fused-ring (bicyclic) bond motifs is 1. The van der Waals surface area contributed by atoms with E-state index in [-0.39, 0.29) is 10.5 Å². The van der Waals surface area contributed by atoms with Crippen LogP contribution < -0.4 is 4.90 Å². The molecule has 34 heavy (non-hydrogen) atoms. The smallest absolute Gasteiger partial charge is 0.297 e. The molecule has 0 unspecified atom stereocenters. The highest BCUT2D eigenvalue weighted by molar-refractivity contribution is 7.86. The van der Waals surface area contributed by atoms with Gasteiger partial charge in [0.1, 0.15) is 11.9 Å². The Morgan fingerprint density at radius 1 is 1.00 bits per heavy atom. The van der Waals surface area contributed by atoms with E-state index < -0.39 is 46.0 Å². The van der Waals surface area contributed by atoms with E-state index in [0.29, 0.717) is 11.3 Å². The van der Waals surface area contributed by atoms with Gasteiger partial charge in [-0.15, -0.1) is 0 Å². The molecule has 0 spiro atoms. The summed E-state index contributed by atoms with van der Waals surface area (Å²) in [6.45, 7) is 4.50. The van der Waals surface area contributed by atoms with Gasteiger partial charge in [0.05, 0.1) is 28.6 Å². The lowest BCUT2D eigenvalue weighted by Gasteiger charge is -2.33. The van der Waals surface area contributed by atoms with Gasteiger partial charge in [0, 0.05) is 5.56 Å². The molecule has 8 heteroatoms. The zero-order valence-electron chi connectivity index (χ0n) is 19.1. The molecule has 0 saturated carbocycles. The maximum absolute atomic E-state index is 14.8. The maximum atomic E-state index is 14.8. The molecule has 1 amide bonds. The number of halogens is 1. The largest absolute Gasteiger partial charge is 0.388 e. The maximum Gasteiger partial charge on any atom is 0.297 e. The minimum atomic E-state index is -4.14. The number of anilines is 1. The van der Waals surface area contributed by atoms with Crippen LogP contribution in [0.5, 0.6) is 0 Å². The van der Waals surface area contributed by atoms with Crippen molar-refractivity contribution in [3.05, 3.63) is 95.3 Å². The van der Waals surface area contributed by atoms with Gasteiger partial charge < -0.3 is 10.0 Å². The third-order valence-electron chi connectivity index (χ3n) is 6.12. The van der Waals surface area contributed by atoms with E-state index in [0.717, 1.165) is 5.56 Å². The SMILES string of the molecule is Cc1ccc(S(=O)(=O)OC[C@@H](O)[C@H](c2ccccc2)N2C(=O)C(C)(C)c3c(F)cccc32)cc1. The third-order valence-corrected chi connectivity index (χ3v) is 7.41. The highest BCUT2D eigenvalue weighted by Gasteiger charge is 2.50. The number of rotatable bonds is 7. The second-order valence-electron chi connectivity index (χ2n) is 8.91. The first-order chi connectivity index (χ1) is 16.0. The number of benzene rings is 3. The quantitative estimate of drug-likeness (QED) is 0.508. The Bertz CT molecular complexity index is 1310. The predicted molar refractivity (Wildman–Crippen MR) is 126 cm³/mol. The van der Waals surface area contributed by atoms with Gasteiger partial charge in [0.2, 0.25) is 5.91 Å². The molecule has 0 radical (unpaired) electrons. The first-order valence-corrected chi connectivity index (χ1v) is 12.3. The first-order valence-electron chi connectivity index (χ1n) is 10.9. The van der Waals surface area contributed by atoms with E-state index in [1.54, 1.807) is 62.4 Å². The van der Waals surface area contributed by atoms with Crippen molar-refractivity contribution in [3.8, 4) is 0 Å². The Labute approximate surface area is 198 Å². The summed E-state index contributed by atoms with van der Waals surface area (Å²) in [6.07, 6.45) is -1.42. The molecule has 0 bridgehead atoms. The van der Waals surface area contributed by atoms with Gasteiger partial charge in [0.15, 0.2) is 0 Å².